The van der Waals surface area contributed by atoms with Crippen molar-refractivity contribution in [1.82, 2.24) is 9.80 Å². The Labute approximate surface area is 132 Å². The Morgan fingerprint density at radius 3 is 2.05 bits per heavy atom. The molecule has 0 bridgehead atoms. The largest absolute Gasteiger partial charge is 0.416 e. The number of likely N-dealkylation sites (N-methyl/N-ethyl adjacent to an activating group) is 2. The summed E-state index contributed by atoms with van der Waals surface area (Å²) < 4.78 is 35.9. The van der Waals surface area contributed by atoms with Crippen LogP contribution in [0.1, 0.15) is 31.9 Å². The average Bonchev–Trinajstić information content (AvgIpc) is 2.45. The predicted octanol–water partition coefficient (Wildman–Crippen LogP) is 4.29. The van der Waals surface area contributed by atoms with Crippen LogP contribution in [0, 0.1) is 6.92 Å². The molecule has 1 aromatic rings. The van der Waals surface area contributed by atoms with E-state index in [4.69, 9.17) is 0 Å². The number of benzene rings is 1. The van der Waals surface area contributed by atoms with Gasteiger partial charge in [-0.15, -0.1) is 0 Å². The third-order valence-electron chi connectivity index (χ3n) is 3.51. The monoisotopic (exact) mass is 318 g/mol. The number of hydrogen-bond donors (Lipinski definition) is 0. The minimum absolute atomic E-state index is 0.586. The highest BCUT2D eigenvalue weighted by Gasteiger charge is 2.29. The molecule has 1 saturated heterocycles. The molecule has 1 aliphatic heterocycles. The summed E-state index contributed by atoms with van der Waals surface area (Å²) >= 11 is 0. The second kappa shape index (κ2) is 9.85. The number of halogens is 3. The van der Waals surface area contributed by atoms with Gasteiger partial charge in [0.15, 0.2) is 0 Å². The maximum Gasteiger partial charge on any atom is 0.416 e. The van der Waals surface area contributed by atoms with Gasteiger partial charge in [-0.1, -0.05) is 37.6 Å². The van der Waals surface area contributed by atoms with E-state index in [0.29, 0.717) is 5.56 Å². The highest BCUT2D eigenvalue weighted by molar-refractivity contribution is 5.24. The van der Waals surface area contributed by atoms with E-state index in [2.05, 4.69) is 30.8 Å². The molecule has 1 atom stereocenters. The first-order valence-corrected chi connectivity index (χ1v) is 7.73. The summed E-state index contributed by atoms with van der Waals surface area (Å²) in [5.41, 5.74) is 0.0392. The van der Waals surface area contributed by atoms with Crippen molar-refractivity contribution in [3.05, 3.63) is 35.4 Å². The molecule has 0 amide bonds. The molecule has 1 aliphatic rings. The standard InChI is InChI=1S/C8H7F3.C7H16N2.C2H6/c1-6-3-2-4-7(5-6)8(9,10)11;1-7-6-8(2)4-5-9(7)3;1-2/h2-5H,1H3;7H,4-6H2,1-3H3;1-2H3. The van der Waals surface area contributed by atoms with Crippen LogP contribution in [0.4, 0.5) is 13.2 Å². The fraction of sp³-hybridized carbons (Fsp3) is 0.647. The fourth-order valence-corrected chi connectivity index (χ4v) is 2.05. The molecule has 0 N–H and O–H groups in total. The average molecular weight is 318 g/mol. The lowest BCUT2D eigenvalue weighted by molar-refractivity contribution is -0.137. The number of rotatable bonds is 0. The van der Waals surface area contributed by atoms with Crippen LogP contribution in [0.2, 0.25) is 0 Å². The Morgan fingerprint density at radius 1 is 1.09 bits per heavy atom. The molecular formula is C17H29F3N2. The van der Waals surface area contributed by atoms with Gasteiger partial charge in [0.1, 0.15) is 0 Å². The number of alkyl halides is 3. The third kappa shape index (κ3) is 7.80. The number of piperazine rings is 1. The van der Waals surface area contributed by atoms with Crippen LogP contribution in [0.3, 0.4) is 0 Å². The zero-order valence-electron chi connectivity index (χ0n) is 14.5. The minimum atomic E-state index is -4.22. The van der Waals surface area contributed by atoms with Crippen molar-refractivity contribution in [2.45, 2.75) is 39.9 Å². The molecule has 1 aromatic carbocycles. The van der Waals surface area contributed by atoms with E-state index in [1.165, 1.54) is 25.7 Å². The van der Waals surface area contributed by atoms with E-state index in [-0.39, 0.29) is 0 Å². The van der Waals surface area contributed by atoms with Gasteiger partial charge < -0.3 is 9.80 Å². The highest BCUT2D eigenvalue weighted by atomic mass is 19.4. The summed E-state index contributed by atoms with van der Waals surface area (Å²) in [7, 11) is 4.38. The van der Waals surface area contributed by atoms with Crippen molar-refractivity contribution in [2.75, 3.05) is 33.7 Å². The molecule has 1 heterocycles. The summed E-state index contributed by atoms with van der Waals surface area (Å²) in [5, 5.41) is 0. The van der Waals surface area contributed by atoms with Crippen molar-refractivity contribution in [2.24, 2.45) is 0 Å². The predicted molar refractivity (Wildman–Crippen MR) is 87.1 cm³/mol. The quantitative estimate of drug-likeness (QED) is 0.704. The maximum absolute atomic E-state index is 12.0. The van der Waals surface area contributed by atoms with E-state index in [1.807, 2.05) is 13.8 Å². The van der Waals surface area contributed by atoms with Crippen LogP contribution in [0.5, 0.6) is 0 Å². The second-order valence-corrected chi connectivity index (χ2v) is 5.46. The third-order valence-corrected chi connectivity index (χ3v) is 3.51. The SMILES string of the molecule is CC.CC1CN(C)CCN1C.Cc1cccc(C(F)(F)F)c1. The van der Waals surface area contributed by atoms with Gasteiger partial charge in [-0.3, -0.25) is 0 Å². The lowest BCUT2D eigenvalue weighted by Gasteiger charge is -2.35. The van der Waals surface area contributed by atoms with Crippen LogP contribution < -0.4 is 0 Å². The van der Waals surface area contributed by atoms with Gasteiger partial charge in [0.05, 0.1) is 5.56 Å². The van der Waals surface area contributed by atoms with Crippen LogP contribution in [-0.4, -0.2) is 49.6 Å². The van der Waals surface area contributed by atoms with Gasteiger partial charge >= 0.3 is 6.18 Å². The molecule has 1 fully saturated rings. The Kier molecular flexibility index (Phi) is 9.37. The fourth-order valence-electron chi connectivity index (χ4n) is 2.05. The number of hydrogen-bond acceptors (Lipinski definition) is 2. The molecule has 0 aliphatic carbocycles. The molecule has 2 nitrogen and oxygen atoms in total. The van der Waals surface area contributed by atoms with Crippen molar-refractivity contribution >= 4 is 0 Å². The van der Waals surface area contributed by atoms with Crippen molar-refractivity contribution in [3.8, 4) is 0 Å². The Hall–Kier alpha value is -1.07. The topological polar surface area (TPSA) is 6.48 Å². The van der Waals surface area contributed by atoms with E-state index in [0.717, 1.165) is 18.2 Å². The molecule has 128 valence electrons. The Bertz CT molecular complexity index is 419. The first-order valence-electron chi connectivity index (χ1n) is 7.73. The smallest absolute Gasteiger partial charge is 0.304 e. The molecule has 0 saturated carbocycles. The van der Waals surface area contributed by atoms with Gasteiger partial charge in [-0.25, -0.2) is 0 Å². The maximum atomic E-state index is 12.0. The summed E-state index contributed by atoms with van der Waals surface area (Å²) in [6.45, 7) is 11.6. The lowest BCUT2D eigenvalue weighted by Crippen LogP contribution is -2.48. The second-order valence-electron chi connectivity index (χ2n) is 5.46. The summed E-state index contributed by atoms with van der Waals surface area (Å²) in [4.78, 5) is 4.78. The molecule has 0 radical (unpaired) electrons. The van der Waals surface area contributed by atoms with Crippen LogP contribution >= 0.6 is 0 Å². The van der Waals surface area contributed by atoms with Crippen LogP contribution in [0.25, 0.3) is 0 Å². The van der Waals surface area contributed by atoms with Crippen LogP contribution in [-0.2, 0) is 6.18 Å². The Balaban J connectivity index is 0.000000366. The molecule has 22 heavy (non-hydrogen) atoms. The summed E-state index contributed by atoms with van der Waals surface area (Å²) in [6, 6.07) is 5.96. The van der Waals surface area contributed by atoms with Gasteiger partial charge in [-0.2, -0.15) is 13.2 Å². The Morgan fingerprint density at radius 2 is 1.68 bits per heavy atom. The number of nitrogens with zero attached hydrogens (tertiary/aromatic N) is 2. The molecule has 0 spiro atoms. The molecule has 0 aromatic heterocycles. The zero-order valence-corrected chi connectivity index (χ0v) is 14.5. The first-order chi connectivity index (χ1) is 10.2. The van der Waals surface area contributed by atoms with Crippen molar-refractivity contribution in [1.29, 1.82) is 0 Å². The van der Waals surface area contributed by atoms with E-state index in [9.17, 15) is 13.2 Å². The molecular weight excluding hydrogens is 289 g/mol. The van der Waals surface area contributed by atoms with Gasteiger partial charge in [0.2, 0.25) is 0 Å². The lowest BCUT2D eigenvalue weighted by atomic mass is 10.1. The highest BCUT2D eigenvalue weighted by Crippen LogP contribution is 2.29. The van der Waals surface area contributed by atoms with Gasteiger partial charge in [0, 0.05) is 25.7 Å². The van der Waals surface area contributed by atoms with E-state index in [1.54, 1.807) is 13.0 Å². The zero-order chi connectivity index (χ0) is 17.3. The van der Waals surface area contributed by atoms with E-state index < -0.39 is 11.7 Å². The van der Waals surface area contributed by atoms with Crippen molar-refractivity contribution < 1.29 is 13.2 Å². The molecule has 1 unspecified atom stereocenters. The minimum Gasteiger partial charge on any atom is -0.304 e. The van der Waals surface area contributed by atoms with E-state index >= 15 is 0 Å². The molecule has 5 heteroatoms. The summed E-state index contributed by atoms with van der Waals surface area (Å²) in [6.07, 6.45) is -4.22. The van der Waals surface area contributed by atoms with Crippen molar-refractivity contribution in [3.63, 3.8) is 0 Å². The van der Waals surface area contributed by atoms with Gasteiger partial charge in [0.25, 0.3) is 0 Å². The number of aryl methyl sites for hydroxylation is 1. The molecule has 2 rings (SSSR count). The van der Waals surface area contributed by atoms with Crippen LogP contribution in [0.15, 0.2) is 24.3 Å². The summed E-state index contributed by atoms with van der Waals surface area (Å²) in [5.74, 6) is 0. The first kappa shape index (κ1) is 20.9. The normalized spacial score (nSPS) is 19.6. The van der Waals surface area contributed by atoms with Gasteiger partial charge in [-0.05, 0) is 34.0 Å².